The quantitative estimate of drug-likeness (QED) is 0.423. The number of Topliss-reactive ketones (excluding diaryl/α,β-unsaturated/α-hetero) is 1. The lowest BCUT2D eigenvalue weighted by Gasteiger charge is -2.14. The minimum atomic E-state index is -3.00. The first kappa shape index (κ1) is 12.6. The SMILES string of the molecule is CN(O[SH](=O)=O)c1cccc(C(=O)CO)c1. The summed E-state index contributed by atoms with van der Waals surface area (Å²) in [5, 5.41) is 9.69. The molecule has 0 unspecified atom stereocenters. The summed E-state index contributed by atoms with van der Waals surface area (Å²) >= 11 is 0. The summed E-state index contributed by atoms with van der Waals surface area (Å²) < 4.78 is 25.1. The lowest BCUT2D eigenvalue weighted by atomic mass is 10.1. The van der Waals surface area contributed by atoms with Crippen molar-refractivity contribution < 1.29 is 22.6 Å². The van der Waals surface area contributed by atoms with Crippen molar-refractivity contribution in [3.8, 4) is 0 Å². The van der Waals surface area contributed by atoms with Gasteiger partial charge in [-0.05, 0) is 12.1 Å². The van der Waals surface area contributed by atoms with Gasteiger partial charge in [-0.3, -0.25) is 4.79 Å². The second kappa shape index (κ2) is 5.59. The zero-order valence-corrected chi connectivity index (χ0v) is 9.39. The average molecular weight is 245 g/mol. The van der Waals surface area contributed by atoms with Crippen LogP contribution in [0, 0.1) is 0 Å². The number of hydrogen-bond acceptors (Lipinski definition) is 6. The Morgan fingerprint density at radius 1 is 1.50 bits per heavy atom. The monoisotopic (exact) mass is 245 g/mol. The number of hydroxylamine groups is 1. The minimum Gasteiger partial charge on any atom is -0.388 e. The van der Waals surface area contributed by atoms with Crippen LogP contribution >= 0.6 is 0 Å². The van der Waals surface area contributed by atoms with Crippen molar-refractivity contribution in [2.75, 3.05) is 18.7 Å². The van der Waals surface area contributed by atoms with Gasteiger partial charge in [-0.2, -0.15) is 4.28 Å². The molecule has 88 valence electrons. The van der Waals surface area contributed by atoms with E-state index in [2.05, 4.69) is 4.28 Å². The molecule has 0 radical (unpaired) electrons. The Labute approximate surface area is 94.2 Å². The van der Waals surface area contributed by atoms with E-state index in [4.69, 9.17) is 5.11 Å². The van der Waals surface area contributed by atoms with Gasteiger partial charge in [0, 0.05) is 12.6 Å². The van der Waals surface area contributed by atoms with E-state index in [-0.39, 0.29) is 5.56 Å². The van der Waals surface area contributed by atoms with Gasteiger partial charge in [0.2, 0.25) is 0 Å². The smallest absolute Gasteiger partial charge is 0.277 e. The normalized spacial score (nSPS) is 10.4. The van der Waals surface area contributed by atoms with E-state index >= 15 is 0 Å². The lowest BCUT2D eigenvalue weighted by Crippen LogP contribution is -2.17. The molecule has 0 atom stereocenters. The van der Waals surface area contributed by atoms with E-state index in [9.17, 15) is 13.2 Å². The predicted molar refractivity (Wildman–Crippen MR) is 57.7 cm³/mol. The summed E-state index contributed by atoms with van der Waals surface area (Å²) in [6, 6.07) is 6.09. The molecule has 0 aliphatic rings. The second-order valence-corrected chi connectivity index (χ2v) is 3.54. The van der Waals surface area contributed by atoms with Crippen LogP contribution in [-0.4, -0.2) is 33.0 Å². The van der Waals surface area contributed by atoms with Gasteiger partial charge in [0.1, 0.15) is 6.61 Å². The Kier molecular flexibility index (Phi) is 4.41. The minimum absolute atomic E-state index is 0.288. The van der Waals surface area contributed by atoms with Gasteiger partial charge in [0.15, 0.2) is 5.78 Å². The van der Waals surface area contributed by atoms with Gasteiger partial charge in [-0.25, -0.2) is 13.5 Å². The first-order valence-electron chi connectivity index (χ1n) is 4.35. The van der Waals surface area contributed by atoms with Gasteiger partial charge in [-0.1, -0.05) is 12.1 Å². The molecule has 0 aromatic heterocycles. The lowest BCUT2D eigenvalue weighted by molar-refractivity contribution is 0.0904. The maximum Gasteiger partial charge on any atom is 0.277 e. The highest BCUT2D eigenvalue weighted by atomic mass is 32.2. The van der Waals surface area contributed by atoms with E-state index in [0.29, 0.717) is 5.69 Å². The number of ketones is 1. The Morgan fingerprint density at radius 3 is 2.75 bits per heavy atom. The molecule has 16 heavy (non-hydrogen) atoms. The molecule has 6 nitrogen and oxygen atoms in total. The second-order valence-electron chi connectivity index (χ2n) is 2.93. The first-order chi connectivity index (χ1) is 7.54. The summed E-state index contributed by atoms with van der Waals surface area (Å²) in [6.07, 6.45) is 0. The highest BCUT2D eigenvalue weighted by molar-refractivity contribution is 7.67. The van der Waals surface area contributed by atoms with Crippen LogP contribution in [0.1, 0.15) is 10.4 Å². The number of thiol groups is 1. The molecular formula is C9H11NO5S. The summed E-state index contributed by atoms with van der Waals surface area (Å²) in [5.74, 6) is -0.443. The fraction of sp³-hybridized carbons (Fsp3) is 0.222. The molecule has 1 aromatic carbocycles. The Balaban J connectivity index is 2.93. The molecule has 1 rings (SSSR count). The van der Waals surface area contributed by atoms with Crippen LogP contribution in [0.15, 0.2) is 24.3 Å². The fourth-order valence-electron chi connectivity index (χ4n) is 1.11. The Hall–Kier alpha value is -1.44. The van der Waals surface area contributed by atoms with Crippen molar-refractivity contribution in [2.24, 2.45) is 0 Å². The molecule has 0 aliphatic carbocycles. The standard InChI is InChI=1S/C9H11NO5S/c1-10(15-16(13)14)8-4-2-3-7(5-8)9(12)6-11/h2-5,11,16H,6H2,1H3. The van der Waals surface area contributed by atoms with Crippen LogP contribution in [-0.2, 0) is 15.3 Å². The van der Waals surface area contributed by atoms with Crippen LogP contribution in [0.3, 0.4) is 0 Å². The van der Waals surface area contributed by atoms with Crippen molar-refractivity contribution >= 4 is 22.5 Å². The maximum atomic E-state index is 11.2. The highest BCUT2D eigenvalue weighted by Gasteiger charge is 2.07. The molecule has 0 saturated heterocycles. The number of hydrogen-bond donors (Lipinski definition) is 2. The third-order valence-electron chi connectivity index (χ3n) is 1.86. The largest absolute Gasteiger partial charge is 0.388 e. The number of nitrogens with zero attached hydrogens (tertiary/aromatic N) is 1. The number of rotatable bonds is 5. The van der Waals surface area contributed by atoms with Crippen molar-refractivity contribution in [1.29, 1.82) is 0 Å². The third kappa shape index (κ3) is 3.30. The number of carbonyl (C=O) groups is 1. The molecule has 0 saturated carbocycles. The van der Waals surface area contributed by atoms with Crippen molar-refractivity contribution in [3.63, 3.8) is 0 Å². The average Bonchev–Trinajstić information content (AvgIpc) is 2.27. The van der Waals surface area contributed by atoms with E-state index in [1.54, 1.807) is 12.1 Å². The van der Waals surface area contributed by atoms with Gasteiger partial charge in [-0.15, -0.1) is 0 Å². The molecule has 1 N–H and O–H groups in total. The number of carbonyl (C=O) groups excluding carboxylic acids is 1. The van der Waals surface area contributed by atoms with Crippen LogP contribution < -0.4 is 5.06 Å². The molecule has 0 fully saturated rings. The van der Waals surface area contributed by atoms with E-state index in [1.165, 1.54) is 19.2 Å². The molecule has 0 spiro atoms. The molecule has 7 heteroatoms. The third-order valence-corrected chi connectivity index (χ3v) is 2.24. The Bertz CT molecular complexity index is 449. The number of aliphatic hydroxyl groups is 1. The zero-order valence-electron chi connectivity index (χ0n) is 8.49. The fourth-order valence-corrected chi connectivity index (χ4v) is 1.41. The first-order valence-corrected chi connectivity index (χ1v) is 5.44. The van der Waals surface area contributed by atoms with Crippen molar-refractivity contribution in [2.45, 2.75) is 0 Å². The van der Waals surface area contributed by atoms with Crippen LogP contribution in [0.5, 0.6) is 0 Å². The van der Waals surface area contributed by atoms with E-state index in [0.717, 1.165) is 5.06 Å². The topological polar surface area (TPSA) is 83.9 Å². The van der Waals surface area contributed by atoms with Crippen LogP contribution in [0.2, 0.25) is 0 Å². The van der Waals surface area contributed by atoms with Gasteiger partial charge >= 0.3 is 0 Å². The maximum absolute atomic E-state index is 11.2. The molecule has 0 heterocycles. The number of benzene rings is 1. The van der Waals surface area contributed by atoms with Gasteiger partial charge in [0.25, 0.3) is 11.0 Å². The summed E-state index contributed by atoms with van der Waals surface area (Å²) in [6.45, 7) is -0.593. The molecule has 1 aromatic rings. The van der Waals surface area contributed by atoms with E-state index in [1.807, 2.05) is 0 Å². The predicted octanol–water partition coefficient (Wildman–Crippen LogP) is -0.244. The van der Waals surface area contributed by atoms with Crippen molar-refractivity contribution in [1.82, 2.24) is 0 Å². The highest BCUT2D eigenvalue weighted by Crippen LogP contribution is 2.15. The van der Waals surface area contributed by atoms with Crippen LogP contribution in [0.25, 0.3) is 0 Å². The zero-order chi connectivity index (χ0) is 12.1. The summed E-state index contributed by atoms with van der Waals surface area (Å²) in [4.78, 5) is 11.2. The van der Waals surface area contributed by atoms with Gasteiger partial charge in [0.05, 0.1) is 5.69 Å². The van der Waals surface area contributed by atoms with Crippen molar-refractivity contribution in [3.05, 3.63) is 29.8 Å². The molecule has 0 amide bonds. The molecular weight excluding hydrogens is 234 g/mol. The molecule has 0 bridgehead atoms. The number of anilines is 1. The van der Waals surface area contributed by atoms with E-state index < -0.39 is 23.4 Å². The van der Waals surface area contributed by atoms with Crippen LogP contribution in [0.4, 0.5) is 5.69 Å². The Morgan fingerprint density at radius 2 is 2.19 bits per heavy atom. The van der Waals surface area contributed by atoms with Gasteiger partial charge < -0.3 is 5.11 Å². The summed E-state index contributed by atoms with van der Waals surface area (Å²) in [7, 11) is -1.60. The molecule has 0 aliphatic heterocycles. The number of aliphatic hydroxyl groups excluding tert-OH is 1. The summed E-state index contributed by atoms with van der Waals surface area (Å²) in [5.41, 5.74) is 0.690.